The summed E-state index contributed by atoms with van der Waals surface area (Å²) in [7, 11) is -0.526. The smallest absolute Gasteiger partial charge is 0.169 e. The maximum Gasteiger partial charge on any atom is 0.169 e. The fraction of sp³-hybridized carbons (Fsp3) is 0.625. The van der Waals surface area contributed by atoms with Crippen molar-refractivity contribution in [1.82, 2.24) is 0 Å². The summed E-state index contributed by atoms with van der Waals surface area (Å²) in [4.78, 5) is 0. The van der Waals surface area contributed by atoms with E-state index in [1.54, 1.807) is 0 Å². The Balaban J connectivity index is 1.88. The summed E-state index contributed by atoms with van der Waals surface area (Å²) in [6.45, 7) is -0.306. The van der Waals surface area contributed by atoms with Gasteiger partial charge < -0.3 is 30.3 Å². The van der Waals surface area contributed by atoms with Crippen molar-refractivity contribution in [2.75, 3.05) is 24.7 Å². The van der Waals surface area contributed by atoms with Crippen molar-refractivity contribution >= 4 is 26.8 Å². The number of hydrogen-bond acceptors (Lipinski definition) is 6. The van der Waals surface area contributed by atoms with Crippen LogP contribution in [-0.4, -0.2) is 79.9 Å². The van der Waals surface area contributed by atoms with Crippen LogP contribution in [0.1, 0.15) is 5.56 Å². The summed E-state index contributed by atoms with van der Waals surface area (Å²) in [6, 6.07) is 7.55. The maximum atomic E-state index is 10.3. The highest BCUT2D eigenvalue weighted by Crippen LogP contribution is 2.25. The molecule has 0 aromatic heterocycles. The van der Waals surface area contributed by atoms with Gasteiger partial charge in [0.05, 0.1) is 19.8 Å². The third-order valence-corrected chi connectivity index (χ3v) is 7.49. The first-order valence-electron chi connectivity index (χ1n) is 7.74. The number of halogens is 1. The van der Waals surface area contributed by atoms with E-state index in [1.807, 2.05) is 24.3 Å². The van der Waals surface area contributed by atoms with Crippen LogP contribution < -0.4 is 0 Å². The first-order valence-corrected chi connectivity index (χ1v) is 10.2. The van der Waals surface area contributed by atoms with Crippen molar-refractivity contribution in [3.05, 3.63) is 34.3 Å². The molecule has 1 aromatic carbocycles. The van der Waals surface area contributed by atoms with Crippen LogP contribution in [0.15, 0.2) is 28.7 Å². The zero-order chi connectivity index (χ0) is 17.7. The van der Waals surface area contributed by atoms with Gasteiger partial charge in [-0.2, -0.15) is 0 Å². The molecule has 0 radical (unpaired) electrons. The van der Waals surface area contributed by atoms with Gasteiger partial charge in [-0.25, -0.2) is 0 Å². The van der Waals surface area contributed by atoms with E-state index in [9.17, 15) is 25.5 Å². The highest BCUT2D eigenvalue weighted by atomic mass is 79.9. The minimum atomic E-state index is -0.971. The Bertz CT molecular complexity index is 502. The van der Waals surface area contributed by atoms with Crippen molar-refractivity contribution in [3.8, 4) is 0 Å². The first kappa shape index (κ1) is 20.1. The molecular formula is C16H24BrO6S+. The molecule has 6 nitrogen and oxygen atoms in total. The average Bonchev–Trinajstić information content (AvgIpc) is 2.83. The maximum absolute atomic E-state index is 10.3. The quantitative estimate of drug-likeness (QED) is 0.357. The van der Waals surface area contributed by atoms with Crippen LogP contribution >= 0.6 is 15.9 Å². The molecule has 1 aromatic rings. The summed E-state index contributed by atoms with van der Waals surface area (Å²) in [5.41, 5.74) is 0.922. The Hall–Kier alpha value is -0.190. The SMILES string of the molecule is OC[C@H](OCc1ccc(Br)cc1)C(O)C[S+]1C[C@@H](O)[C@H](O)[C@H]1CO. The monoisotopic (exact) mass is 423 g/mol. The van der Waals surface area contributed by atoms with Crippen LogP contribution in [0.2, 0.25) is 0 Å². The molecule has 2 unspecified atom stereocenters. The van der Waals surface area contributed by atoms with E-state index in [0.29, 0.717) is 5.75 Å². The zero-order valence-electron chi connectivity index (χ0n) is 13.2. The summed E-state index contributed by atoms with van der Waals surface area (Å²) < 4.78 is 6.57. The molecule has 0 spiro atoms. The van der Waals surface area contributed by atoms with Crippen molar-refractivity contribution in [1.29, 1.82) is 0 Å². The molecular weight excluding hydrogens is 400 g/mol. The van der Waals surface area contributed by atoms with Crippen LogP contribution in [0, 0.1) is 0 Å². The van der Waals surface area contributed by atoms with Gasteiger partial charge in [0.25, 0.3) is 0 Å². The van der Waals surface area contributed by atoms with Crippen molar-refractivity contribution in [2.24, 2.45) is 0 Å². The molecule has 1 heterocycles. The lowest BCUT2D eigenvalue weighted by Gasteiger charge is -2.22. The number of rotatable bonds is 8. The Kier molecular flexibility index (Phi) is 7.96. The molecule has 24 heavy (non-hydrogen) atoms. The minimum Gasteiger partial charge on any atom is -0.394 e. The third-order valence-electron chi connectivity index (χ3n) is 4.14. The lowest BCUT2D eigenvalue weighted by molar-refractivity contribution is -0.0623. The van der Waals surface area contributed by atoms with E-state index < -0.39 is 40.6 Å². The van der Waals surface area contributed by atoms with E-state index in [0.717, 1.165) is 10.0 Å². The van der Waals surface area contributed by atoms with Gasteiger partial charge in [-0.05, 0) is 17.7 Å². The highest BCUT2D eigenvalue weighted by molar-refractivity contribution is 9.10. The Morgan fingerprint density at radius 3 is 2.46 bits per heavy atom. The Morgan fingerprint density at radius 2 is 1.88 bits per heavy atom. The van der Waals surface area contributed by atoms with E-state index in [1.165, 1.54) is 0 Å². The molecule has 0 aliphatic carbocycles. The molecule has 0 amide bonds. The van der Waals surface area contributed by atoms with Gasteiger partial charge in [0.15, 0.2) is 5.25 Å². The topological polar surface area (TPSA) is 110 Å². The van der Waals surface area contributed by atoms with Gasteiger partial charge in [-0.1, -0.05) is 28.1 Å². The van der Waals surface area contributed by atoms with Crippen molar-refractivity contribution in [2.45, 2.75) is 36.3 Å². The molecule has 1 aliphatic heterocycles. The summed E-state index contributed by atoms with van der Waals surface area (Å²) >= 11 is 3.35. The summed E-state index contributed by atoms with van der Waals surface area (Å²) in [6.07, 6.45) is -3.54. The van der Waals surface area contributed by atoms with Gasteiger partial charge in [-0.15, -0.1) is 0 Å². The molecule has 8 heteroatoms. The Morgan fingerprint density at radius 1 is 1.21 bits per heavy atom. The number of ether oxygens (including phenoxy) is 1. The average molecular weight is 424 g/mol. The lowest BCUT2D eigenvalue weighted by Crippen LogP contribution is -2.42. The van der Waals surface area contributed by atoms with Crippen LogP contribution in [-0.2, 0) is 22.2 Å². The van der Waals surface area contributed by atoms with Gasteiger partial charge in [0.2, 0.25) is 0 Å². The molecule has 6 atom stereocenters. The second kappa shape index (κ2) is 9.49. The van der Waals surface area contributed by atoms with E-state index in [4.69, 9.17) is 4.74 Å². The molecule has 1 saturated heterocycles. The van der Waals surface area contributed by atoms with Crippen molar-refractivity contribution in [3.63, 3.8) is 0 Å². The Labute approximate surface area is 152 Å². The summed E-state index contributed by atoms with van der Waals surface area (Å²) in [5.74, 6) is 0.610. The lowest BCUT2D eigenvalue weighted by atomic mass is 10.2. The zero-order valence-corrected chi connectivity index (χ0v) is 15.6. The molecule has 136 valence electrons. The number of aliphatic hydroxyl groups excluding tert-OH is 5. The largest absolute Gasteiger partial charge is 0.394 e. The second-order valence-corrected chi connectivity index (χ2v) is 9.14. The van der Waals surface area contributed by atoms with Crippen molar-refractivity contribution < 1.29 is 30.3 Å². The molecule has 0 bridgehead atoms. The molecule has 1 fully saturated rings. The van der Waals surface area contributed by atoms with Gasteiger partial charge in [0.1, 0.15) is 35.9 Å². The molecule has 0 saturated carbocycles. The van der Waals surface area contributed by atoms with Crippen LogP contribution in [0.25, 0.3) is 0 Å². The predicted octanol–water partition coefficient (Wildman–Crippen LogP) is -0.598. The standard InChI is InChI=1S/C16H24BrO6S/c17-11-3-1-10(2-4-11)7-23-14(5-18)12(20)8-24-9-13(21)16(22)15(24)6-19/h1-4,12-16,18-22H,5-9H2/q+1/t12?,13-,14+,15-,16+,24?/m1/s1. The van der Waals surface area contributed by atoms with Gasteiger partial charge >= 0.3 is 0 Å². The fourth-order valence-corrected chi connectivity index (χ4v) is 5.66. The fourth-order valence-electron chi connectivity index (χ4n) is 2.69. The number of benzene rings is 1. The molecule has 5 N–H and O–H groups in total. The van der Waals surface area contributed by atoms with E-state index in [2.05, 4.69) is 15.9 Å². The van der Waals surface area contributed by atoms with E-state index >= 15 is 0 Å². The molecule has 2 rings (SSSR count). The second-order valence-electron chi connectivity index (χ2n) is 5.88. The van der Waals surface area contributed by atoms with Crippen LogP contribution in [0.4, 0.5) is 0 Å². The molecule has 1 aliphatic rings. The normalized spacial score (nSPS) is 29.6. The van der Waals surface area contributed by atoms with Crippen LogP contribution in [0.5, 0.6) is 0 Å². The first-order chi connectivity index (χ1) is 11.5. The minimum absolute atomic E-state index is 0.238. The van der Waals surface area contributed by atoms with E-state index in [-0.39, 0.29) is 25.6 Å². The summed E-state index contributed by atoms with van der Waals surface area (Å²) in [5, 5.41) is 48.3. The van der Waals surface area contributed by atoms with Gasteiger partial charge in [-0.3, -0.25) is 0 Å². The van der Waals surface area contributed by atoms with Gasteiger partial charge in [0, 0.05) is 15.4 Å². The predicted molar refractivity (Wildman–Crippen MR) is 95.8 cm³/mol. The number of hydrogen-bond donors (Lipinski definition) is 5. The van der Waals surface area contributed by atoms with Crippen LogP contribution in [0.3, 0.4) is 0 Å². The highest BCUT2D eigenvalue weighted by Gasteiger charge is 2.50. The number of aliphatic hydroxyl groups is 5. The third kappa shape index (κ3) is 5.15.